The average Bonchev–Trinajstić information content (AvgIpc) is 2.38. The summed E-state index contributed by atoms with van der Waals surface area (Å²) in [5, 5.41) is 0.941. The molecule has 0 spiro atoms. The number of hydrogen-bond acceptors (Lipinski definition) is 4. The van der Waals surface area contributed by atoms with Gasteiger partial charge in [0.25, 0.3) is 0 Å². The number of nitrogens with two attached hydrogens (primary N) is 1. The summed E-state index contributed by atoms with van der Waals surface area (Å²) in [5.41, 5.74) is 6.19. The lowest BCUT2D eigenvalue weighted by Crippen LogP contribution is -2.13. The molecule has 0 saturated carbocycles. The average molecular weight is 276 g/mol. The minimum absolute atomic E-state index is 0.270. The molecule has 0 unspecified atom stereocenters. The van der Waals surface area contributed by atoms with Gasteiger partial charge in [0.05, 0.1) is 6.42 Å². The van der Waals surface area contributed by atoms with Crippen LogP contribution in [0.15, 0.2) is 58.6 Å². The van der Waals surface area contributed by atoms with E-state index in [0.717, 1.165) is 15.5 Å². The van der Waals surface area contributed by atoms with Gasteiger partial charge in [-0.15, -0.1) is 0 Å². The van der Waals surface area contributed by atoms with Crippen LogP contribution in [0.4, 0.5) is 0 Å². The standard InChI is InChI=1S/C13H12N2OS2/c14-12(16)9-10-5-1-2-6-11(10)17-18-13-7-3-4-8-15-13/h1-8H,9H2,(H2,14,16). The SMILES string of the molecule is NC(=O)Cc1ccccc1SSc1ccccn1. The summed E-state index contributed by atoms with van der Waals surface area (Å²) in [5.74, 6) is -0.314. The maximum absolute atomic E-state index is 11.0. The van der Waals surface area contributed by atoms with Crippen molar-refractivity contribution in [3.8, 4) is 0 Å². The van der Waals surface area contributed by atoms with Crippen LogP contribution in [0.2, 0.25) is 0 Å². The van der Waals surface area contributed by atoms with Crippen LogP contribution in [0.25, 0.3) is 0 Å². The first-order chi connectivity index (χ1) is 8.75. The zero-order chi connectivity index (χ0) is 12.8. The molecular weight excluding hydrogens is 264 g/mol. The van der Waals surface area contributed by atoms with Crippen molar-refractivity contribution >= 4 is 27.5 Å². The topological polar surface area (TPSA) is 56.0 Å². The highest BCUT2D eigenvalue weighted by atomic mass is 33.1. The van der Waals surface area contributed by atoms with E-state index in [0.29, 0.717) is 0 Å². The van der Waals surface area contributed by atoms with Crippen molar-refractivity contribution in [3.63, 3.8) is 0 Å². The number of rotatable bonds is 5. The zero-order valence-electron chi connectivity index (χ0n) is 9.58. The van der Waals surface area contributed by atoms with Gasteiger partial charge in [0.2, 0.25) is 5.91 Å². The predicted octanol–water partition coefficient (Wildman–Crippen LogP) is 2.91. The van der Waals surface area contributed by atoms with Crippen molar-refractivity contribution < 1.29 is 4.79 Å². The van der Waals surface area contributed by atoms with Crippen molar-refractivity contribution in [2.45, 2.75) is 16.3 Å². The van der Waals surface area contributed by atoms with Gasteiger partial charge in [-0.2, -0.15) is 0 Å². The molecule has 2 N–H and O–H groups in total. The van der Waals surface area contributed by atoms with Crippen LogP contribution in [0.5, 0.6) is 0 Å². The molecule has 0 aliphatic heterocycles. The summed E-state index contributed by atoms with van der Waals surface area (Å²) in [6, 6.07) is 13.6. The summed E-state index contributed by atoms with van der Waals surface area (Å²) in [7, 11) is 3.16. The molecule has 1 aromatic carbocycles. The molecule has 0 saturated heterocycles. The molecule has 0 aliphatic rings. The Morgan fingerprint density at radius 1 is 1.11 bits per heavy atom. The van der Waals surface area contributed by atoms with Crippen LogP contribution in [0, 0.1) is 0 Å². The van der Waals surface area contributed by atoms with E-state index < -0.39 is 0 Å². The number of hydrogen-bond donors (Lipinski definition) is 1. The molecule has 2 aromatic rings. The molecule has 1 heterocycles. The molecule has 0 fully saturated rings. The van der Waals surface area contributed by atoms with Gasteiger partial charge in [-0.1, -0.05) is 35.1 Å². The number of carbonyl (C=O) groups excluding carboxylic acids is 1. The fourth-order valence-corrected chi connectivity index (χ4v) is 3.51. The summed E-state index contributed by atoms with van der Waals surface area (Å²) in [6.07, 6.45) is 2.03. The lowest BCUT2D eigenvalue weighted by Gasteiger charge is -2.06. The normalized spacial score (nSPS) is 10.2. The van der Waals surface area contributed by atoms with Crippen molar-refractivity contribution in [1.29, 1.82) is 0 Å². The molecule has 92 valence electrons. The molecule has 5 heteroatoms. The minimum atomic E-state index is -0.314. The van der Waals surface area contributed by atoms with Gasteiger partial charge in [0, 0.05) is 11.1 Å². The second-order valence-corrected chi connectivity index (χ2v) is 5.78. The van der Waals surface area contributed by atoms with E-state index in [2.05, 4.69) is 4.98 Å². The summed E-state index contributed by atoms with van der Waals surface area (Å²) >= 11 is 0. The van der Waals surface area contributed by atoms with Crippen LogP contribution < -0.4 is 5.73 Å². The van der Waals surface area contributed by atoms with Crippen LogP contribution in [-0.2, 0) is 11.2 Å². The summed E-state index contributed by atoms with van der Waals surface area (Å²) < 4.78 is 0. The van der Waals surface area contributed by atoms with Crippen molar-refractivity contribution in [3.05, 3.63) is 54.2 Å². The Morgan fingerprint density at radius 3 is 2.61 bits per heavy atom. The first-order valence-electron chi connectivity index (χ1n) is 5.37. The third-order valence-corrected chi connectivity index (χ3v) is 4.57. The van der Waals surface area contributed by atoms with Gasteiger partial charge >= 0.3 is 0 Å². The number of aromatic nitrogens is 1. The molecule has 3 nitrogen and oxygen atoms in total. The van der Waals surface area contributed by atoms with Gasteiger partial charge < -0.3 is 5.73 Å². The van der Waals surface area contributed by atoms with Gasteiger partial charge in [-0.05, 0) is 34.6 Å². The molecule has 0 atom stereocenters. The predicted molar refractivity (Wildman–Crippen MR) is 75.3 cm³/mol. The lowest BCUT2D eigenvalue weighted by molar-refractivity contribution is -0.117. The van der Waals surface area contributed by atoms with E-state index in [1.807, 2.05) is 42.5 Å². The highest BCUT2D eigenvalue weighted by Gasteiger charge is 2.06. The number of nitrogens with zero attached hydrogens (tertiary/aromatic N) is 1. The summed E-state index contributed by atoms with van der Waals surface area (Å²) in [6.45, 7) is 0. The zero-order valence-corrected chi connectivity index (χ0v) is 11.2. The molecule has 1 aromatic heterocycles. The van der Waals surface area contributed by atoms with E-state index in [1.165, 1.54) is 0 Å². The van der Waals surface area contributed by atoms with Crippen LogP contribution in [0.3, 0.4) is 0 Å². The second kappa shape index (κ2) is 6.47. The third kappa shape index (κ3) is 3.78. The maximum atomic E-state index is 11.0. The van der Waals surface area contributed by atoms with Crippen molar-refractivity contribution in [2.75, 3.05) is 0 Å². The lowest BCUT2D eigenvalue weighted by atomic mass is 10.1. The summed E-state index contributed by atoms with van der Waals surface area (Å²) in [4.78, 5) is 16.3. The molecule has 0 bridgehead atoms. The largest absolute Gasteiger partial charge is 0.369 e. The quantitative estimate of drug-likeness (QED) is 0.853. The Kier molecular flexibility index (Phi) is 4.66. The third-order valence-electron chi connectivity index (χ3n) is 2.19. The molecule has 1 amide bonds. The molecule has 18 heavy (non-hydrogen) atoms. The van der Waals surface area contributed by atoms with Gasteiger partial charge in [0.1, 0.15) is 5.03 Å². The molecular formula is C13H12N2OS2. The Labute approximate surface area is 114 Å². The van der Waals surface area contributed by atoms with Gasteiger partial charge in [-0.25, -0.2) is 4.98 Å². The van der Waals surface area contributed by atoms with Crippen LogP contribution >= 0.6 is 21.6 Å². The number of benzene rings is 1. The number of amides is 1. The number of primary amides is 1. The van der Waals surface area contributed by atoms with Crippen LogP contribution in [-0.4, -0.2) is 10.9 Å². The molecule has 0 aliphatic carbocycles. The minimum Gasteiger partial charge on any atom is -0.369 e. The highest BCUT2D eigenvalue weighted by Crippen LogP contribution is 2.37. The van der Waals surface area contributed by atoms with E-state index >= 15 is 0 Å². The van der Waals surface area contributed by atoms with Crippen molar-refractivity contribution in [2.24, 2.45) is 5.73 Å². The first kappa shape index (κ1) is 13.0. The van der Waals surface area contributed by atoms with Gasteiger partial charge in [-0.3, -0.25) is 4.79 Å². The smallest absolute Gasteiger partial charge is 0.221 e. The van der Waals surface area contributed by atoms with E-state index in [9.17, 15) is 4.79 Å². The van der Waals surface area contributed by atoms with E-state index in [4.69, 9.17) is 5.73 Å². The maximum Gasteiger partial charge on any atom is 0.221 e. The monoisotopic (exact) mass is 276 g/mol. The Balaban J connectivity index is 2.07. The Morgan fingerprint density at radius 2 is 1.89 bits per heavy atom. The molecule has 2 rings (SSSR count). The van der Waals surface area contributed by atoms with Crippen LogP contribution in [0.1, 0.15) is 5.56 Å². The Bertz CT molecular complexity index is 532. The number of pyridine rings is 1. The number of carbonyl (C=O) groups is 1. The van der Waals surface area contributed by atoms with E-state index in [-0.39, 0.29) is 12.3 Å². The highest BCUT2D eigenvalue weighted by molar-refractivity contribution is 8.76. The van der Waals surface area contributed by atoms with Gasteiger partial charge in [0.15, 0.2) is 0 Å². The second-order valence-electron chi connectivity index (χ2n) is 3.59. The molecule has 0 radical (unpaired) electrons. The fourth-order valence-electron chi connectivity index (χ4n) is 1.40. The first-order valence-corrected chi connectivity index (χ1v) is 7.52. The Hall–Kier alpha value is -1.46. The van der Waals surface area contributed by atoms with Crippen molar-refractivity contribution in [1.82, 2.24) is 4.98 Å². The fraction of sp³-hybridized carbons (Fsp3) is 0.0769. The van der Waals surface area contributed by atoms with E-state index in [1.54, 1.807) is 27.8 Å².